The summed E-state index contributed by atoms with van der Waals surface area (Å²) in [5.74, 6) is 0.428. The molecule has 1 fully saturated rings. The zero-order valence-corrected chi connectivity index (χ0v) is 14.3. The highest BCUT2D eigenvalue weighted by molar-refractivity contribution is 8.15. The molecular formula is C19H17NO4S. The predicted molar refractivity (Wildman–Crippen MR) is 96.0 cm³/mol. The van der Waals surface area contributed by atoms with Crippen LogP contribution >= 0.6 is 11.8 Å². The number of ether oxygens (including phenoxy) is 1. The van der Waals surface area contributed by atoms with Gasteiger partial charge in [-0.05, 0) is 36.2 Å². The minimum Gasteiger partial charge on any atom is -0.492 e. The predicted octanol–water partition coefficient (Wildman–Crippen LogP) is 3.18. The van der Waals surface area contributed by atoms with E-state index in [9.17, 15) is 14.4 Å². The molecule has 0 N–H and O–H groups in total. The minimum atomic E-state index is -0.373. The Kier molecular flexibility index (Phi) is 5.50. The lowest BCUT2D eigenvalue weighted by molar-refractivity contribution is -0.126. The molecule has 1 saturated heterocycles. The molecule has 25 heavy (non-hydrogen) atoms. The van der Waals surface area contributed by atoms with E-state index in [4.69, 9.17) is 4.74 Å². The Hall–Kier alpha value is -2.60. The van der Waals surface area contributed by atoms with Crippen molar-refractivity contribution >= 4 is 29.2 Å². The summed E-state index contributed by atoms with van der Waals surface area (Å²) in [5.41, 5.74) is 1.60. The Morgan fingerprint density at radius 1 is 1.04 bits per heavy atom. The Balaban J connectivity index is 1.52. The number of benzene rings is 2. The molecule has 3 rings (SSSR count). The van der Waals surface area contributed by atoms with Gasteiger partial charge in [-0.1, -0.05) is 42.1 Å². The van der Waals surface area contributed by atoms with Gasteiger partial charge >= 0.3 is 0 Å². The van der Waals surface area contributed by atoms with E-state index in [1.807, 2.05) is 30.3 Å². The first-order valence-electron chi connectivity index (χ1n) is 7.91. The van der Waals surface area contributed by atoms with Crippen LogP contribution in [0.1, 0.15) is 15.9 Å². The maximum atomic E-state index is 12.4. The second kappa shape index (κ2) is 7.98. The van der Waals surface area contributed by atoms with Crippen molar-refractivity contribution in [3.8, 4) is 5.75 Å². The molecule has 0 saturated carbocycles. The summed E-state index contributed by atoms with van der Waals surface area (Å²) in [5, 5.41) is -0.604. The van der Waals surface area contributed by atoms with Crippen molar-refractivity contribution in [2.75, 3.05) is 13.2 Å². The van der Waals surface area contributed by atoms with Crippen molar-refractivity contribution < 1.29 is 19.1 Å². The average molecular weight is 355 g/mol. The summed E-state index contributed by atoms with van der Waals surface area (Å²) < 4.78 is 5.55. The average Bonchev–Trinajstić information content (AvgIpc) is 2.90. The molecule has 0 aliphatic carbocycles. The molecule has 2 aromatic carbocycles. The summed E-state index contributed by atoms with van der Waals surface area (Å²) in [7, 11) is 0. The summed E-state index contributed by atoms with van der Waals surface area (Å²) in [6, 6.07) is 16.3. The highest BCUT2D eigenvalue weighted by atomic mass is 32.2. The number of nitrogens with zero attached hydrogens (tertiary/aromatic N) is 1. The lowest BCUT2D eigenvalue weighted by atomic mass is 10.1. The van der Waals surface area contributed by atoms with Crippen LogP contribution in [0.25, 0.3) is 0 Å². The maximum Gasteiger partial charge on any atom is 0.289 e. The number of carbonyl (C=O) groups excluding carboxylic acids is 3. The van der Waals surface area contributed by atoms with E-state index < -0.39 is 0 Å². The van der Waals surface area contributed by atoms with E-state index in [0.29, 0.717) is 17.7 Å². The van der Waals surface area contributed by atoms with Crippen molar-refractivity contribution in [3.63, 3.8) is 0 Å². The molecule has 1 unspecified atom stereocenters. The second-order valence-corrected chi connectivity index (χ2v) is 6.74. The van der Waals surface area contributed by atoms with Gasteiger partial charge in [0.05, 0.1) is 11.8 Å². The van der Waals surface area contributed by atoms with Crippen LogP contribution in [-0.2, 0) is 11.2 Å². The second-order valence-electron chi connectivity index (χ2n) is 5.59. The van der Waals surface area contributed by atoms with E-state index in [1.165, 1.54) is 4.90 Å². The third-order valence-corrected chi connectivity index (χ3v) is 4.94. The number of carbonyl (C=O) groups is 3. The molecule has 0 aromatic heterocycles. The summed E-state index contributed by atoms with van der Waals surface area (Å²) in [6.45, 7) is 0.432. The quantitative estimate of drug-likeness (QED) is 0.714. The molecule has 0 spiro atoms. The van der Waals surface area contributed by atoms with Crippen molar-refractivity contribution in [1.82, 2.24) is 4.90 Å². The van der Waals surface area contributed by atoms with E-state index in [2.05, 4.69) is 0 Å². The normalized spacial score (nSPS) is 17.0. The van der Waals surface area contributed by atoms with Crippen molar-refractivity contribution in [3.05, 3.63) is 65.7 Å². The molecule has 1 heterocycles. The summed E-state index contributed by atoms with van der Waals surface area (Å²) >= 11 is 1.07. The lowest BCUT2D eigenvalue weighted by Gasteiger charge is -2.14. The third-order valence-electron chi connectivity index (χ3n) is 3.87. The number of thioether (sulfide) groups is 1. The topological polar surface area (TPSA) is 63.7 Å². The van der Waals surface area contributed by atoms with Gasteiger partial charge in [-0.15, -0.1) is 0 Å². The molecule has 1 atom stereocenters. The van der Waals surface area contributed by atoms with E-state index >= 15 is 0 Å². The fourth-order valence-electron chi connectivity index (χ4n) is 2.56. The van der Waals surface area contributed by atoms with Crippen LogP contribution in [0.3, 0.4) is 0 Å². The van der Waals surface area contributed by atoms with Gasteiger partial charge in [0.2, 0.25) is 5.91 Å². The standard InChI is InChI=1S/C19H17NO4S/c21-13-15-6-8-16(9-7-15)24-11-10-20-18(22)17(25-19(20)23)12-14-4-2-1-3-5-14/h1-9,13,17H,10-12H2. The number of hydrogen-bond acceptors (Lipinski definition) is 5. The molecule has 2 amide bonds. The van der Waals surface area contributed by atoms with E-state index in [0.717, 1.165) is 23.6 Å². The van der Waals surface area contributed by atoms with Crippen LogP contribution in [0.15, 0.2) is 54.6 Å². The van der Waals surface area contributed by atoms with Gasteiger partial charge in [0.1, 0.15) is 18.6 Å². The first kappa shape index (κ1) is 17.2. The van der Waals surface area contributed by atoms with Crippen LogP contribution < -0.4 is 4.74 Å². The Morgan fingerprint density at radius 2 is 1.76 bits per heavy atom. The van der Waals surface area contributed by atoms with Gasteiger partial charge in [-0.25, -0.2) is 0 Å². The Labute approximate surface area is 150 Å². The zero-order valence-electron chi connectivity index (χ0n) is 13.5. The SMILES string of the molecule is O=Cc1ccc(OCCN2C(=O)SC(Cc3ccccc3)C2=O)cc1. The minimum absolute atomic E-state index is 0.168. The van der Waals surface area contributed by atoms with Crippen molar-refractivity contribution in [2.24, 2.45) is 0 Å². The van der Waals surface area contributed by atoms with Gasteiger partial charge in [-0.3, -0.25) is 19.3 Å². The van der Waals surface area contributed by atoms with E-state index in [1.54, 1.807) is 24.3 Å². The van der Waals surface area contributed by atoms with Gasteiger partial charge in [-0.2, -0.15) is 0 Å². The molecule has 0 radical (unpaired) electrons. The van der Waals surface area contributed by atoms with Crippen LogP contribution in [0.4, 0.5) is 4.79 Å². The fraction of sp³-hybridized carbons (Fsp3) is 0.211. The number of hydrogen-bond donors (Lipinski definition) is 0. The molecule has 6 heteroatoms. The van der Waals surface area contributed by atoms with Crippen molar-refractivity contribution in [2.45, 2.75) is 11.7 Å². The molecule has 0 bridgehead atoms. The molecular weight excluding hydrogens is 338 g/mol. The Bertz CT molecular complexity index is 761. The first-order chi connectivity index (χ1) is 12.2. The zero-order chi connectivity index (χ0) is 17.6. The maximum absolute atomic E-state index is 12.4. The molecule has 5 nitrogen and oxygen atoms in total. The van der Waals surface area contributed by atoms with Gasteiger partial charge < -0.3 is 4.74 Å². The largest absolute Gasteiger partial charge is 0.492 e. The third kappa shape index (κ3) is 4.28. The van der Waals surface area contributed by atoms with Gasteiger partial charge in [0.15, 0.2) is 0 Å². The van der Waals surface area contributed by atoms with Crippen LogP contribution in [0, 0.1) is 0 Å². The Morgan fingerprint density at radius 3 is 2.44 bits per heavy atom. The van der Waals surface area contributed by atoms with Crippen molar-refractivity contribution in [1.29, 1.82) is 0 Å². The number of amides is 2. The lowest BCUT2D eigenvalue weighted by Crippen LogP contribution is -2.35. The van der Waals surface area contributed by atoms with E-state index in [-0.39, 0.29) is 29.5 Å². The molecule has 1 aliphatic heterocycles. The summed E-state index contributed by atoms with van der Waals surface area (Å²) in [4.78, 5) is 36.4. The first-order valence-corrected chi connectivity index (χ1v) is 8.79. The highest BCUT2D eigenvalue weighted by Crippen LogP contribution is 2.29. The monoisotopic (exact) mass is 355 g/mol. The molecule has 128 valence electrons. The number of rotatable bonds is 7. The number of imide groups is 1. The smallest absolute Gasteiger partial charge is 0.289 e. The number of aldehydes is 1. The van der Waals surface area contributed by atoms with Gasteiger partial charge in [0, 0.05) is 5.56 Å². The molecule has 2 aromatic rings. The van der Waals surface area contributed by atoms with Crippen LogP contribution in [0.5, 0.6) is 5.75 Å². The molecule has 1 aliphatic rings. The summed E-state index contributed by atoms with van der Waals surface area (Å²) in [6.07, 6.45) is 1.30. The highest BCUT2D eigenvalue weighted by Gasteiger charge is 2.39. The van der Waals surface area contributed by atoms with Gasteiger partial charge in [0.25, 0.3) is 5.24 Å². The fourth-order valence-corrected chi connectivity index (χ4v) is 3.61. The van der Waals surface area contributed by atoms with Crippen LogP contribution in [0.2, 0.25) is 0 Å². The van der Waals surface area contributed by atoms with Crippen LogP contribution in [-0.4, -0.2) is 40.7 Å².